The summed E-state index contributed by atoms with van der Waals surface area (Å²) in [5, 5.41) is 0. The molecule has 1 atom stereocenters. The molecular weight excluding hydrogens is 220 g/mol. The van der Waals surface area contributed by atoms with E-state index in [1.165, 1.54) is 6.92 Å². The Bertz CT molecular complexity index is 266. The molecule has 0 saturated heterocycles. The van der Waals surface area contributed by atoms with Crippen LogP contribution in [-0.2, 0) is 28.5 Å². The van der Waals surface area contributed by atoms with Crippen LogP contribution in [0.5, 0.6) is 0 Å². The summed E-state index contributed by atoms with van der Waals surface area (Å²) in [7, 11) is 3.34. The van der Waals surface area contributed by atoms with E-state index in [0.29, 0.717) is 0 Å². The van der Waals surface area contributed by atoms with Gasteiger partial charge in [-0.1, -0.05) is 0 Å². The first-order valence-corrected chi connectivity index (χ1v) is 4.31. The summed E-state index contributed by atoms with van der Waals surface area (Å²) in [5.41, 5.74) is -1.76. The molecular formula is C9H14O7. The van der Waals surface area contributed by atoms with E-state index >= 15 is 0 Å². The first-order chi connectivity index (χ1) is 7.39. The number of hydrogen-bond donors (Lipinski definition) is 0. The summed E-state index contributed by atoms with van der Waals surface area (Å²) in [6.45, 7) is 1.23. The topological polar surface area (TPSA) is 88.1 Å². The molecule has 0 saturated carbocycles. The molecule has 1 unspecified atom stereocenters. The second-order valence-electron chi connectivity index (χ2n) is 3.03. The van der Waals surface area contributed by atoms with E-state index < -0.39 is 30.1 Å². The van der Waals surface area contributed by atoms with Gasteiger partial charge < -0.3 is 18.9 Å². The Morgan fingerprint density at radius 2 is 1.56 bits per heavy atom. The quantitative estimate of drug-likeness (QED) is 0.509. The lowest BCUT2D eigenvalue weighted by atomic mass is 10.0. The molecule has 0 bridgehead atoms. The largest absolute Gasteiger partial charge is 0.509 e. The molecule has 0 radical (unpaired) electrons. The van der Waals surface area contributed by atoms with Crippen molar-refractivity contribution in [3.63, 3.8) is 0 Å². The van der Waals surface area contributed by atoms with Gasteiger partial charge in [-0.15, -0.1) is 0 Å². The van der Waals surface area contributed by atoms with Crippen molar-refractivity contribution in [2.45, 2.75) is 18.9 Å². The van der Waals surface area contributed by atoms with Gasteiger partial charge in [0.25, 0.3) is 0 Å². The summed E-state index contributed by atoms with van der Waals surface area (Å²) in [4.78, 5) is 33.3. The molecule has 0 aliphatic rings. The van der Waals surface area contributed by atoms with Crippen LogP contribution in [0, 0.1) is 0 Å². The van der Waals surface area contributed by atoms with E-state index in [2.05, 4.69) is 18.9 Å². The van der Waals surface area contributed by atoms with Crippen LogP contribution in [0.2, 0.25) is 0 Å². The van der Waals surface area contributed by atoms with Crippen molar-refractivity contribution in [3.8, 4) is 0 Å². The molecule has 0 aliphatic carbocycles. The molecule has 92 valence electrons. The smallest absolute Gasteiger partial charge is 0.469 e. The fourth-order valence-corrected chi connectivity index (χ4v) is 0.939. The maximum atomic E-state index is 11.4. The molecule has 0 aromatic rings. The molecule has 7 nitrogen and oxygen atoms in total. The van der Waals surface area contributed by atoms with Crippen LogP contribution >= 0.6 is 0 Å². The Labute approximate surface area is 92.6 Å². The SMILES string of the molecule is COC(=O)CC(C)(OC(=O)OC)C(=O)OC. The van der Waals surface area contributed by atoms with Gasteiger partial charge in [0.2, 0.25) is 5.60 Å². The van der Waals surface area contributed by atoms with Gasteiger partial charge in [0, 0.05) is 0 Å². The second kappa shape index (κ2) is 5.94. The lowest BCUT2D eigenvalue weighted by molar-refractivity contribution is -0.169. The van der Waals surface area contributed by atoms with Gasteiger partial charge in [-0.2, -0.15) is 0 Å². The Morgan fingerprint density at radius 1 is 1.00 bits per heavy atom. The summed E-state index contributed by atoms with van der Waals surface area (Å²) < 4.78 is 17.7. The number of hydrogen-bond acceptors (Lipinski definition) is 7. The van der Waals surface area contributed by atoms with Crippen LogP contribution in [-0.4, -0.2) is 45.0 Å². The van der Waals surface area contributed by atoms with E-state index in [0.717, 1.165) is 21.3 Å². The monoisotopic (exact) mass is 234 g/mol. The predicted octanol–water partition coefficient (Wildman–Crippen LogP) is 0.264. The van der Waals surface area contributed by atoms with Crippen molar-refractivity contribution < 1.29 is 33.3 Å². The normalized spacial score (nSPS) is 13.2. The number of methoxy groups -OCH3 is 3. The van der Waals surface area contributed by atoms with Crippen LogP contribution in [0.1, 0.15) is 13.3 Å². The summed E-state index contributed by atoms with van der Waals surface area (Å²) in [6.07, 6.45) is -1.54. The third kappa shape index (κ3) is 3.76. The molecule has 0 rings (SSSR count). The van der Waals surface area contributed by atoms with Gasteiger partial charge in [0.05, 0.1) is 27.8 Å². The Balaban J connectivity index is 4.81. The number of carbonyl (C=O) groups excluding carboxylic acids is 3. The molecule has 7 heteroatoms. The third-order valence-corrected chi connectivity index (χ3v) is 1.80. The molecule has 0 amide bonds. The standard InChI is InChI=1S/C9H14O7/c1-9(7(11)14-3,5-6(10)13-2)16-8(12)15-4/h5H2,1-4H3. The van der Waals surface area contributed by atoms with Gasteiger partial charge >= 0.3 is 18.1 Å². The Hall–Kier alpha value is -1.79. The second-order valence-corrected chi connectivity index (χ2v) is 3.03. The van der Waals surface area contributed by atoms with E-state index in [-0.39, 0.29) is 0 Å². The van der Waals surface area contributed by atoms with Gasteiger partial charge in [-0.25, -0.2) is 9.59 Å². The molecule has 0 aliphatic heterocycles. The lowest BCUT2D eigenvalue weighted by Gasteiger charge is -2.24. The predicted molar refractivity (Wildman–Crippen MR) is 50.5 cm³/mol. The highest BCUT2D eigenvalue weighted by molar-refractivity contribution is 5.87. The van der Waals surface area contributed by atoms with Crippen LogP contribution in [0.25, 0.3) is 0 Å². The van der Waals surface area contributed by atoms with E-state index in [1.54, 1.807) is 0 Å². The zero-order chi connectivity index (χ0) is 12.8. The summed E-state index contributed by atoms with van der Waals surface area (Å²) >= 11 is 0. The molecule has 0 N–H and O–H groups in total. The number of esters is 2. The highest BCUT2D eigenvalue weighted by Crippen LogP contribution is 2.19. The van der Waals surface area contributed by atoms with Gasteiger partial charge in [-0.05, 0) is 6.92 Å². The lowest BCUT2D eigenvalue weighted by Crippen LogP contribution is -2.43. The first-order valence-electron chi connectivity index (χ1n) is 4.31. The number of ether oxygens (including phenoxy) is 4. The average molecular weight is 234 g/mol. The number of carbonyl (C=O) groups is 3. The summed E-state index contributed by atoms with van der Waals surface area (Å²) in [6, 6.07) is 0. The third-order valence-electron chi connectivity index (χ3n) is 1.80. The van der Waals surface area contributed by atoms with Crippen molar-refractivity contribution in [1.82, 2.24) is 0 Å². The first kappa shape index (κ1) is 14.2. The molecule has 0 spiro atoms. The molecule has 0 aromatic heterocycles. The van der Waals surface area contributed by atoms with Crippen LogP contribution in [0.3, 0.4) is 0 Å². The minimum Gasteiger partial charge on any atom is -0.469 e. The van der Waals surface area contributed by atoms with E-state index in [9.17, 15) is 14.4 Å². The van der Waals surface area contributed by atoms with E-state index in [4.69, 9.17) is 0 Å². The van der Waals surface area contributed by atoms with Gasteiger partial charge in [-0.3, -0.25) is 4.79 Å². The minimum atomic E-state index is -1.76. The zero-order valence-electron chi connectivity index (χ0n) is 9.56. The van der Waals surface area contributed by atoms with Gasteiger partial charge in [0.1, 0.15) is 0 Å². The van der Waals surface area contributed by atoms with Crippen molar-refractivity contribution in [2.24, 2.45) is 0 Å². The maximum Gasteiger partial charge on any atom is 0.509 e. The molecule has 0 aromatic carbocycles. The number of rotatable bonds is 4. The van der Waals surface area contributed by atoms with Crippen LogP contribution in [0.15, 0.2) is 0 Å². The molecule has 16 heavy (non-hydrogen) atoms. The van der Waals surface area contributed by atoms with Crippen LogP contribution < -0.4 is 0 Å². The minimum absolute atomic E-state index is 0.453. The Morgan fingerprint density at radius 3 is 1.94 bits per heavy atom. The van der Waals surface area contributed by atoms with Crippen molar-refractivity contribution in [3.05, 3.63) is 0 Å². The highest BCUT2D eigenvalue weighted by atomic mass is 16.7. The summed E-state index contributed by atoms with van der Waals surface area (Å²) in [5.74, 6) is -1.58. The van der Waals surface area contributed by atoms with Gasteiger partial charge in [0.15, 0.2) is 0 Å². The van der Waals surface area contributed by atoms with Crippen molar-refractivity contribution in [2.75, 3.05) is 21.3 Å². The average Bonchev–Trinajstić information content (AvgIpc) is 2.27. The van der Waals surface area contributed by atoms with Crippen molar-refractivity contribution in [1.29, 1.82) is 0 Å². The molecule has 0 fully saturated rings. The fraction of sp³-hybridized carbons (Fsp3) is 0.667. The maximum absolute atomic E-state index is 11.4. The van der Waals surface area contributed by atoms with Crippen molar-refractivity contribution >= 4 is 18.1 Å². The zero-order valence-corrected chi connectivity index (χ0v) is 9.56. The van der Waals surface area contributed by atoms with E-state index in [1.807, 2.05) is 0 Å². The Kier molecular flexibility index (Phi) is 5.27. The highest BCUT2D eigenvalue weighted by Gasteiger charge is 2.42. The molecule has 0 heterocycles. The fourth-order valence-electron chi connectivity index (χ4n) is 0.939. The van der Waals surface area contributed by atoms with Crippen LogP contribution in [0.4, 0.5) is 4.79 Å².